The first-order valence-corrected chi connectivity index (χ1v) is 26.7. The second-order valence-electron chi connectivity index (χ2n) is 25.4. The number of hydroxylamine groups is 2. The van der Waals surface area contributed by atoms with Crippen molar-refractivity contribution in [2.24, 2.45) is 57.7 Å². The Morgan fingerprint density at radius 2 is 1.12 bits per heavy atom. The maximum atomic E-state index is 10.6. The number of aliphatic carboxylic acids is 1. The molecule has 0 bridgehead atoms. The molecule has 0 atom stereocenters. The number of amidine groups is 1. The van der Waals surface area contributed by atoms with Crippen molar-refractivity contribution in [2.45, 2.75) is 184 Å². The van der Waals surface area contributed by atoms with Crippen LogP contribution in [0.5, 0.6) is 0 Å². The minimum atomic E-state index is -0.757. The van der Waals surface area contributed by atoms with Crippen LogP contribution in [0.4, 0.5) is 0 Å². The van der Waals surface area contributed by atoms with Crippen LogP contribution in [0, 0.1) is 32.5 Å². The van der Waals surface area contributed by atoms with E-state index >= 15 is 0 Å². The standard InChI is InChI=1S/3C7H12N2O.2C7H12N2S.C6H11N3.C6H10N2OS.C5H10O2.CH4/c1-5-8-9-6(10-5)7(2,3)4;1-5-8-6(9-10-5)7(2,3)4;1-5-8-6(10-9-5)7(2,3)4;1-5-8-9-6(10-5)7(2,3)4;1-5-8-6(10-9-5)7(2,3)4;1-6(2,3)5-7-4-8-9-5;1-6(2,3)4-7-5(9)10-8-4;1-5(2,3)4(6)7;/h8H,1H2,2-4H3;1H2,2-4H3,(H,8,9);9H,1H2,2-4H3;8H,1H2,2-4H3;9H,1H2,2-4H3;4H,1-3H3,(H,7,8,9);1-3H3,(H,7,8,9);1-3H3,(H,6,7);1H4. The van der Waals surface area contributed by atoms with E-state index in [1.165, 1.54) is 6.33 Å². The Bertz CT molecular complexity index is 2350. The van der Waals surface area contributed by atoms with Crippen LogP contribution in [-0.4, -0.2) is 63.3 Å². The topological polar surface area (TPSA) is 274 Å². The molecule has 8 N–H and O–H groups in total. The van der Waals surface area contributed by atoms with Crippen molar-refractivity contribution in [1.29, 1.82) is 0 Å². The number of rotatable bonds is 0. The van der Waals surface area contributed by atoms with E-state index in [2.05, 4.69) is 192 Å². The third-order valence-corrected chi connectivity index (χ3v) is 11.7. The van der Waals surface area contributed by atoms with Crippen molar-refractivity contribution in [3.05, 3.63) is 89.0 Å². The van der Waals surface area contributed by atoms with E-state index in [0.29, 0.717) is 29.4 Å². The third kappa shape index (κ3) is 30.6. The highest BCUT2D eigenvalue weighted by atomic mass is 32.2. The average Bonchev–Trinajstić information content (AvgIpc) is 4.07. The first-order chi connectivity index (χ1) is 34.0. The Labute approximate surface area is 473 Å². The molecule has 0 fully saturated rings. The molecule has 5 aliphatic heterocycles. The number of H-pyrrole nitrogens is 2. The van der Waals surface area contributed by atoms with Crippen LogP contribution in [0.15, 0.2) is 97.6 Å². The first kappa shape index (κ1) is 73.2. The molecule has 24 heteroatoms. The molecular formula is C53H95N15O6S3. The normalized spacial score (nSPS) is 15.8. The molecule has 0 spiro atoms. The van der Waals surface area contributed by atoms with Crippen molar-refractivity contribution >= 4 is 68.9 Å². The Hall–Kier alpha value is -5.88. The van der Waals surface area contributed by atoms with Crippen molar-refractivity contribution in [3.63, 3.8) is 0 Å². The summed E-state index contributed by atoms with van der Waals surface area (Å²) in [6.07, 6.45) is 1.53. The molecule has 0 unspecified atom stereocenters. The molecule has 0 aromatic carbocycles. The predicted octanol–water partition coefficient (Wildman–Crippen LogP) is 12.6. The molecule has 7 rings (SSSR count). The molecule has 7 heterocycles. The number of nitrogens with zero attached hydrogens (tertiary/aromatic N) is 8. The van der Waals surface area contributed by atoms with Crippen LogP contribution < -0.4 is 31.4 Å². The number of thioether (sulfide) groups is 1. The molecule has 21 nitrogen and oxygen atoms in total. The Morgan fingerprint density at radius 1 is 0.597 bits per heavy atom. The van der Waals surface area contributed by atoms with Gasteiger partial charge >= 0.3 is 10.8 Å². The number of hydrazone groups is 2. The molecule has 0 amide bonds. The molecule has 0 aliphatic carbocycles. The van der Waals surface area contributed by atoms with Gasteiger partial charge in [-0.25, -0.2) is 26.4 Å². The lowest BCUT2D eigenvalue weighted by molar-refractivity contribution is -0.145. The second kappa shape index (κ2) is 29.7. The number of carbonyl (C=O) groups is 1. The summed E-state index contributed by atoms with van der Waals surface area (Å²) in [6, 6.07) is 0. The Balaban J connectivity index is 0. The number of aliphatic imine (C=N–C) groups is 3. The van der Waals surface area contributed by atoms with Crippen molar-refractivity contribution in [1.82, 2.24) is 51.1 Å². The number of hydrogen-bond acceptors (Lipinski definition) is 21. The van der Waals surface area contributed by atoms with Gasteiger partial charge in [0.15, 0.2) is 5.82 Å². The fourth-order valence-corrected chi connectivity index (χ4v) is 6.18. The van der Waals surface area contributed by atoms with Crippen LogP contribution in [0.3, 0.4) is 0 Å². The molecule has 2 aromatic heterocycles. The Kier molecular flexibility index (Phi) is 28.3. The Morgan fingerprint density at radius 3 is 1.30 bits per heavy atom. The van der Waals surface area contributed by atoms with Gasteiger partial charge in [-0.05, 0) is 33.9 Å². The second-order valence-corrected chi connectivity index (χ2v) is 28.0. The summed E-state index contributed by atoms with van der Waals surface area (Å²) in [4.78, 5) is 49.5. The molecule has 2 aromatic rings. The largest absolute Gasteiger partial charge is 0.481 e. The highest BCUT2D eigenvalue weighted by Gasteiger charge is 2.28. The minimum Gasteiger partial charge on any atom is -0.481 e. The molecule has 0 radical (unpaired) electrons. The number of nitrogens with one attached hydrogen (secondary N) is 7. The van der Waals surface area contributed by atoms with Gasteiger partial charge < -0.3 is 24.2 Å². The summed E-state index contributed by atoms with van der Waals surface area (Å²) in [5.41, 5.74) is 10.5. The third-order valence-electron chi connectivity index (χ3n) is 8.70. The lowest BCUT2D eigenvalue weighted by atomic mass is 9.95. The van der Waals surface area contributed by atoms with Gasteiger partial charge in [-0.3, -0.25) is 25.1 Å². The fraction of sp³-hybridized carbons (Fsp3) is 0.623. The zero-order valence-electron chi connectivity index (χ0n) is 49.9. The molecule has 0 saturated heterocycles. The van der Waals surface area contributed by atoms with Gasteiger partial charge in [0.1, 0.15) is 39.7 Å². The van der Waals surface area contributed by atoms with Gasteiger partial charge in [-0.2, -0.15) is 24.6 Å². The summed E-state index contributed by atoms with van der Waals surface area (Å²) in [6.45, 7) is 66.7. The molecule has 77 heavy (non-hydrogen) atoms. The molecule has 0 saturated carbocycles. The van der Waals surface area contributed by atoms with Crippen molar-refractivity contribution in [3.8, 4) is 0 Å². The van der Waals surface area contributed by atoms with Crippen molar-refractivity contribution < 1.29 is 24.3 Å². The number of hydrogen-bond donors (Lipinski definition) is 8. The summed E-state index contributed by atoms with van der Waals surface area (Å²) < 4.78 is 12.1. The molecule has 5 aliphatic rings. The average molecular weight is 1130 g/mol. The number of carboxylic acid groups (broad SMARTS) is 1. The van der Waals surface area contributed by atoms with Gasteiger partial charge in [0, 0.05) is 61.4 Å². The summed E-state index contributed by atoms with van der Waals surface area (Å²) >= 11 is 4.14. The SMILES string of the molecule is C.C=C1N=C(C(C)(C)C)NO1.C=C1N=C(C(C)(C)C)ON1.C=C1N=C(C(C)(C)C)SN1.C=C1NN=C(C(C)(C)C)O1.C=C1NN=C(C(C)(C)C)S1.CC(C)(C)C(=O)O.CC(C)(C)c1ncn[nH]1.CC(C)(C)c1nsc(=O)[nH]1. The van der Waals surface area contributed by atoms with E-state index in [1.54, 1.807) is 44.5 Å². The first-order valence-electron chi connectivity index (χ1n) is 24.3. The number of aromatic nitrogens is 5. The maximum Gasteiger partial charge on any atom is 0.323 e. The van der Waals surface area contributed by atoms with Gasteiger partial charge in [-0.1, -0.05) is 184 Å². The van der Waals surface area contributed by atoms with Crippen LogP contribution >= 0.6 is 35.2 Å². The van der Waals surface area contributed by atoms with Gasteiger partial charge in [0.05, 0.1) is 10.4 Å². The van der Waals surface area contributed by atoms with Crippen molar-refractivity contribution in [2.75, 3.05) is 0 Å². The molecule has 436 valence electrons. The van der Waals surface area contributed by atoms with E-state index < -0.39 is 11.4 Å². The van der Waals surface area contributed by atoms with E-state index in [0.717, 1.165) is 50.0 Å². The number of aromatic amines is 2. The number of ether oxygens (including phenoxy) is 1. The summed E-state index contributed by atoms with van der Waals surface area (Å²) in [5, 5.41) is 26.0. The zero-order valence-corrected chi connectivity index (χ0v) is 52.4. The quantitative estimate of drug-likeness (QED) is 0.114. The predicted molar refractivity (Wildman–Crippen MR) is 325 cm³/mol. The monoisotopic (exact) mass is 1130 g/mol. The minimum absolute atomic E-state index is 0. The maximum absolute atomic E-state index is 10.6. The zero-order chi connectivity index (χ0) is 59.6. The van der Waals surface area contributed by atoms with Gasteiger partial charge in [0.25, 0.3) is 0 Å². The van der Waals surface area contributed by atoms with E-state index in [1.807, 2.05) is 62.3 Å². The van der Waals surface area contributed by atoms with E-state index in [-0.39, 0.29) is 50.2 Å². The lowest BCUT2D eigenvalue weighted by Gasteiger charge is -2.16. The fourth-order valence-electron chi connectivity index (χ4n) is 4.10. The molecular weight excluding hydrogens is 1040 g/mol. The van der Waals surface area contributed by atoms with Crippen LogP contribution in [0.25, 0.3) is 0 Å². The summed E-state index contributed by atoms with van der Waals surface area (Å²) in [5.74, 6) is 5.43. The smallest absolute Gasteiger partial charge is 0.323 e. The van der Waals surface area contributed by atoms with Crippen LogP contribution in [-0.2, 0) is 30.0 Å². The van der Waals surface area contributed by atoms with Crippen LogP contribution in [0.1, 0.15) is 185 Å². The van der Waals surface area contributed by atoms with E-state index in [4.69, 9.17) is 19.5 Å². The lowest BCUT2D eigenvalue weighted by Crippen LogP contribution is -2.30. The van der Waals surface area contributed by atoms with Crippen LogP contribution in [0.2, 0.25) is 0 Å². The van der Waals surface area contributed by atoms with Gasteiger partial charge in [-0.15, -0.1) is 5.10 Å². The van der Waals surface area contributed by atoms with Gasteiger partial charge in [0.2, 0.25) is 23.6 Å². The number of carboxylic acids is 1. The highest BCUT2D eigenvalue weighted by Crippen LogP contribution is 2.31. The summed E-state index contributed by atoms with van der Waals surface area (Å²) in [7, 11) is 0. The highest BCUT2D eigenvalue weighted by molar-refractivity contribution is 8.17. The van der Waals surface area contributed by atoms with E-state index in [9.17, 15) is 9.59 Å².